The first kappa shape index (κ1) is 19.9. The summed E-state index contributed by atoms with van der Waals surface area (Å²) in [7, 11) is -0.407. The summed E-state index contributed by atoms with van der Waals surface area (Å²) < 4.78 is 25.0. The average Bonchev–Trinajstić information content (AvgIpc) is 3.29. The van der Waals surface area contributed by atoms with Crippen LogP contribution in [0.1, 0.15) is 18.4 Å². The third-order valence-electron chi connectivity index (χ3n) is 3.61. The first-order valence-electron chi connectivity index (χ1n) is 7.38. The number of hydrogen-bond acceptors (Lipinski definition) is 4. The number of nitrogens with one attached hydrogen (secondary N) is 2. The maximum absolute atomic E-state index is 11.9. The van der Waals surface area contributed by atoms with Gasteiger partial charge in [-0.15, -0.1) is 12.4 Å². The highest BCUT2D eigenvalue weighted by Gasteiger charge is 2.20. The highest BCUT2D eigenvalue weighted by molar-refractivity contribution is 7.89. The number of rotatable bonds is 8. The van der Waals surface area contributed by atoms with E-state index < -0.39 is 10.0 Å². The van der Waals surface area contributed by atoms with Crippen LogP contribution in [0, 0.1) is 5.92 Å². The van der Waals surface area contributed by atoms with Gasteiger partial charge in [-0.25, -0.2) is 12.7 Å². The van der Waals surface area contributed by atoms with E-state index in [4.69, 9.17) is 0 Å². The lowest BCUT2D eigenvalue weighted by Gasteiger charge is -2.12. The topological polar surface area (TPSA) is 78.5 Å². The van der Waals surface area contributed by atoms with Gasteiger partial charge in [-0.05, 0) is 43.0 Å². The number of amides is 1. The maximum atomic E-state index is 11.9. The Bertz CT molecular complexity index is 613. The van der Waals surface area contributed by atoms with Crippen LogP contribution in [-0.2, 0) is 21.4 Å². The van der Waals surface area contributed by atoms with Crippen molar-refractivity contribution in [2.45, 2.75) is 24.3 Å². The number of benzene rings is 1. The number of hydrogen-bond donors (Lipinski definition) is 2. The summed E-state index contributed by atoms with van der Waals surface area (Å²) in [5.74, 6) is 0.699. The van der Waals surface area contributed by atoms with E-state index in [1.807, 2.05) is 0 Å². The van der Waals surface area contributed by atoms with Crippen LogP contribution in [0.3, 0.4) is 0 Å². The lowest BCUT2D eigenvalue weighted by Crippen LogP contribution is -2.34. The third kappa shape index (κ3) is 6.10. The van der Waals surface area contributed by atoms with Gasteiger partial charge in [0.15, 0.2) is 0 Å². The van der Waals surface area contributed by atoms with Crippen molar-refractivity contribution >= 4 is 28.3 Å². The van der Waals surface area contributed by atoms with Crippen molar-refractivity contribution in [2.24, 2.45) is 5.92 Å². The van der Waals surface area contributed by atoms with Crippen LogP contribution in [-0.4, -0.2) is 45.8 Å². The molecule has 1 aliphatic rings. The van der Waals surface area contributed by atoms with Crippen molar-refractivity contribution in [3.05, 3.63) is 29.8 Å². The minimum absolute atomic E-state index is 0. The van der Waals surface area contributed by atoms with Gasteiger partial charge in [0.1, 0.15) is 0 Å². The van der Waals surface area contributed by atoms with Crippen LogP contribution in [0.2, 0.25) is 0 Å². The van der Waals surface area contributed by atoms with E-state index in [0.29, 0.717) is 13.1 Å². The maximum Gasteiger partial charge on any atom is 0.242 e. The van der Waals surface area contributed by atoms with E-state index in [2.05, 4.69) is 10.6 Å². The molecule has 130 valence electrons. The van der Waals surface area contributed by atoms with Crippen molar-refractivity contribution in [1.29, 1.82) is 0 Å². The number of nitrogens with zero attached hydrogens (tertiary/aromatic N) is 1. The predicted molar refractivity (Wildman–Crippen MR) is 92.0 cm³/mol. The summed E-state index contributed by atoms with van der Waals surface area (Å²) in [6.07, 6.45) is 2.52. The molecule has 1 aromatic carbocycles. The number of sulfonamides is 1. The van der Waals surface area contributed by atoms with Gasteiger partial charge in [0.05, 0.1) is 11.4 Å². The molecule has 2 N–H and O–H groups in total. The summed E-state index contributed by atoms with van der Waals surface area (Å²) in [6, 6.07) is 6.55. The molecule has 8 heteroatoms. The Morgan fingerprint density at radius 2 is 1.83 bits per heavy atom. The first-order valence-corrected chi connectivity index (χ1v) is 8.82. The van der Waals surface area contributed by atoms with E-state index in [1.165, 1.54) is 31.2 Å². The molecular weight excluding hydrogens is 338 g/mol. The van der Waals surface area contributed by atoms with E-state index in [-0.39, 0.29) is 23.2 Å². The highest BCUT2D eigenvalue weighted by Crippen LogP contribution is 2.27. The lowest BCUT2D eigenvalue weighted by atomic mass is 10.2. The molecule has 0 unspecified atom stereocenters. The molecule has 1 saturated carbocycles. The summed E-state index contributed by atoms with van der Waals surface area (Å²) in [5, 5.41) is 5.94. The molecule has 0 bridgehead atoms. The molecule has 0 aliphatic heterocycles. The van der Waals surface area contributed by atoms with Gasteiger partial charge in [-0.1, -0.05) is 12.1 Å². The third-order valence-corrected chi connectivity index (χ3v) is 5.44. The largest absolute Gasteiger partial charge is 0.351 e. The SMILES string of the molecule is CN(C)S(=O)(=O)c1ccc(CNC(=O)CNCC2CC2)cc1.Cl. The Balaban J connectivity index is 0.00000264. The van der Waals surface area contributed by atoms with E-state index in [0.717, 1.165) is 18.0 Å². The van der Waals surface area contributed by atoms with Crippen molar-refractivity contribution < 1.29 is 13.2 Å². The molecule has 1 aliphatic carbocycles. The Morgan fingerprint density at radius 3 is 2.35 bits per heavy atom. The fourth-order valence-electron chi connectivity index (χ4n) is 1.97. The van der Waals surface area contributed by atoms with Crippen LogP contribution in [0.25, 0.3) is 0 Å². The molecule has 0 atom stereocenters. The molecule has 1 fully saturated rings. The zero-order valence-corrected chi connectivity index (χ0v) is 15.0. The fourth-order valence-corrected chi connectivity index (χ4v) is 2.87. The van der Waals surface area contributed by atoms with E-state index in [9.17, 15) is 13.2 Å². The molecule has 0 spiro atoms. The molecule has 2 rings (SSSR count). The lowest BCUT2D eigenvalue weighted by molar-refractivity contribution is -0.120. The molecule has 1 amide bonds. The van der Waals surface area contributed by atoms with Crippen molar-refractivity contribution in [3.63, 3.8) is 0 Å². The van der Waals surface area contributed by atoms with Crippen LogP contribution in [0.5, 0.6) is 0 Å². The average molecular weight is 362 g/mol. The predicted octanol–water partition coefficient (Wildman–Crippen LogP) is 0.975. The van der Waals surface area contributed by atoms with Gasteiger partial charge >= 0.3 is 0 Å². The van der Waals surface area contributed by atoms with Crippen molar-refractivity contribution in [1.82, 2.24) is 14.9 Å². The molecular formula is C15H24ClN3O3S. The van der Waals surface area contributed by atoms with Crippen molar-refractivity contribution in [2.75, 3.05) is 27.2 Å². The van der Waals surface area contributed by atoms with Gasteiger partial charge in [-0.3, -0.25) is 4.79 Å². The van der Waals surface area contributed by atoms with Crippen LogP contribution >= 0.6 is 12.4 Å². The Labute approximate surface area is 144 Å². The Morgan fingerprint density at radius 1 is 1.22 bits per heavy atom. The van der Waals surface area contributed by atoms with Crippen molar-refractivity contribution in [3.8, 4) is 0 Å². The molecule has 0 heterocycles. The van der Waals surface area contributed by atoms with Gasteiger partial charge < -0.3 is 10.6 Å². The number of carbonyl (C=O) groups is 1. The quantitative estimate of drug-likeness (QED) is 0.723. The van der Waals surface area contributed by atoms with E-state index in [1.54, 1.807) is 24.3 Å². The summed E-state index contributed by atoms with van der Waals surface area (Å²) in [5.41, 5.74) is 0.869. The monoisotopic (exact) mass is 361 g/mol. The van der Waals surface area contributed by atoms with Gasteiger partial charge in [0.2, 0.25) is 15.9 Å². The second kappa shape index (κ2) is 8.63. The zero-order chi connectivity index (χ0) is 16.2. The zero-order valence-electron chi connectivity index (χ0n) is 13.4. The first-order chi connectivity index (χ1) is 10.4. The molecule has 6 nitrogen and oxygen atoms in total. The minimum Gasteiger partial charge on any atom is -0.351 e. The standard InChI is InChI=1S/C15H23N3O3S.ClH/c1-18(2)22(20,21)14-7-5-13(6-8-14)10-17-15(19)11-16-9-12-3-4-12;/h5-8,12,16H,3-4,9-11H2,1-2H3,(H,17,19);1H. The Hall–Kier alpha value is -1.15. The van der Waals surface area contributed by atoms with E-state index >= 15 is 0 Å². The summed E-state index contributed by atoms with van der Waals surface area (Å²) >= 11 is 0. The summed E-state index contributed by atoms with van der Waals surface area (Å²) in [4.78, 5) is 11.9. The fraction of sp³-hybridized carbons (Fsp3) is 0.533. The van der Waals surface area contributed by atoms with Gasteiger partial charge in [0.25, 0.3) is 0 Å². The number of carbonyl (C=O) groups excluding carboxylic acids is 1. The van der Waals surface area contributed by atoms with Crippen LogP contribution < -0.4 is 10.6 Å². The van der Waals surface area contributed by atoms with Crippen LogP contribution in [0.15, 0.2) is 29.2 Å². The van der Waals surface area contributed by atoms with Gasteiger partial charge in [-0.2, -0.15) is 0 Å². The molecule has 0 radical (unpaired) electrons. The molecule has 23 heavy (non-hydrogen) atoms. The highest BCUT2D eigenvalue weighted by atomic mass is 35.5. The molecule has 1 aromatic rings. The smallest absolute Gasteiger partial charge is 0.242 e. The minimum atomic E-state index is -3.40. The number of halogens is 1. The summed E-state index contributed by atoms with van der Waals surface area (Å²) in [6.45, 7) is 1.63. The molecule has 0 aromatic heterocycles. The Kier molecular flexibility index (Phi) is 7.47. The molecule has 0 saturated heterocycles. The second-order valence-corrected chi connectivity index (χ2v) is 7.93. The normalized spacial score (nSPS) is 14.4. The second-order valence-electron chi connectivity index (χ2n) is 5.78. The van der Waals surface area contributed by atoms with Gasteiger partial charge in [0, 0.05) is 20.6 Å². The van der Waals surface area contributed by atoms with Crippen LogP contribution in [0.4, 0.5) is 0 Å².